The van der Waals surface area contributed by atoms with Crippen LogP contribution in [-0.2, 0) is 10.4 Å². The van der Waals surface area contributed by atoms with Gasteiger partial charge in [-0.15, -0.1) is 0 Å². The number of unbranched alkanes of at least 4 members (excludes halogenated alkanes) is 1. The summed E-state index contributed by atoms with van der Waals surface area (Å²) in [5.41, 5.74) is -0.174. The van der Waals surface area contributed by atoms with E-state index in [1.807, 2.05) is 26.0 Å². The van der Waals surface area contributed by atoms with Crippen LogP contribution in [0, 0.1) is 0 Å². The van der Waals surface area contributed by atoms with E-state index in [4.69, 9.17) is 4.74 Å². The van der Waals surface area contributed by atoms with Gasteiger partial charge in [0.25, 0.3) is 5.91 Å². The van der Waals surface area contributed by atoms with Crippen molar-refractivity contribution in [1.82, 2.24) is 0 Å². The molecule has 1 aliphatic heterocycles. The molecule has 27 heavy (non-hydrogen) atoms. The zero-order valence-electron chi connectivity index (χ0n) is 15.8. The molecule has 0 bridgehead atoms. The highest BCUT2D eigenvalue weighted by Crippen LogP contribution is 2.42. The second kappa shape index (κ2) is 7.92. The van der Waals surface area contributed by atoms with E-state index >= 15 is 0 Å². The molecule has 5 nitrogen and oxygen atoms in total. The summed E-state index contributed by atoms with van der Waals surface area (Å²) in [5, 5.41) is 11.2. The summed E-state index contributed by atoms with van der Waals surface area (Å²) in [4.78, 5) is 27.4. The molecule has 5 heteroatoms. The van der Waals surface area contributed by atoms with Crippen LogP contribution in [0.2, 0.25) is 0 Å². The van der Waals surface area contributed by atoms with Crippen LogP contribution in [0.25, 0.3) is 0 Å². The summed E-state index contributed by atoms with van der Waals surface area (Å²) in [7, 11) is 0. The fraction of sp³-hybridized carbons (Fsp3) is 0.364. The zero-order valence-corrected chi connectivity index (χ0v) is 15.8. The highest BCUT2D eigenvalue weighted by atomic mass is 16.5. The number of anilines is 1. The van der Waals surface area contributed by atoms with Gasteiger partial charge in [0.1, 0.15) is 5.75 Å². The summed E-state index contributed by atoms with van der Waals surface area (Å²) in [6.45, 7) is 5.02. The summed E-state index contributed by atoms with van der Waals surface area (Å²) in [6.07, 6.45) is 1.50. The van der Waals surface area contributed by atoms with Crippen molar-refractivity contribution in [2.45, 2.75) is 38.7 Å². The third-order valence-corrected chi connectivity index (χ3v) is 4.88. The molecule has 1 amide bonds. The molecule has 0 radical (unpaired) electrons. The molecule has 142 valence electrons. The zero-order chi connectivity index (χ0) is 19.4. The molecule has 1 atom stereocenters. The van der Waals surface area contributed by atoms with Crippen LogP contribution in [-0.4, -0.2) is 29.9 Å². The van der Waals surface area contributed by atoms with Crippen molar-refractivity contribution < 1.29 is 19.4 Å². The maximum absolute atomic E-state index is 13.0. The number of Topliss-reactive ketones (excluding diaryl/α,β-unsaturated/α-hetero) is 1. The number of fused-ring (bicyclic) bond motifs is 1. The molecule has 1 aliphatic rings. The number of ether oxygens (including phenoxy) is 1. The number of ketones is 1. The first kappa shape index (κ1) is 19.1. The molecule has 1 N–H and O–H groups in total. The third-order valence-electron chi connectivity index (χ3n) is 4.88. The second-order valence-corrected chi connectivity index (χ2v) is 6.75. The Kier molecular flexibility index (Phi) is 5.61. The molecule has 0 spiro atoms. The predicted octanol–water partition coefficient (Wildman–Crippen LogP) is 3.69. The van der Waals surface area contributed by atoms with Crippen LogP contribution in [0.1, 0.15) is 49.0 Å². The SMILES string of the molecule is CCCCN1C(=O)C(O)(CC(=O)c2ccc(OCC)cc2)c2ccccc21. The molecule has 0 fully saturated rings. The van der Waals surface area contributed by atoms with E-state index in [0.717, 1.165) is 12.8 Å². The van der Waals surface area contributed by atoms with E-state index in [1.165, 1.54) is 0 Å². The minimum absolute atomic E-state index is 0.277. The first-order valence-electron chi connectivity index (χ1n) is 9.41. The van der Waals surface area contributed by atoms with Gasteiger partial charge in [-0.2, -0.15) is 0 Å². The highest BCUT2D eigenvalue weighted by molar-refractivity contribution is 6.10. The van der Waals surface area contributed by atoms with Crippen molar-refractivity contribution in [2.24, 2.45) is 0 Å². The quantitative estimate of drug-likeness (QED) is 0.723. The topological polar surface area (TPSA) is 66.8 Å². The standard InChI is InChI=1S/C22H25NO4/c1-3-5-14-23-19-9-7-6-8-18(19)22(26,21(23)25)15-20(24)16-10-12-17(13-11-16)27-4-2/h6-13,26H,3-5,14-15H2,1-2H3. The number of hydrogen-bond donors (Lipinski definition) is 1. The average Bonchev–Trinajstić information content (AvgIpc) is 2.88. The first-order chi connectivity index (χ1) is 13.0. The summed E-state index contributed by atoms with van der Waals surface area (Å²) >= 11 is 0. The monoisotopic (exact) mass is 367 g/mol. The Bertz CT molecular complexity index is 830. The van der Waals surface area contributed by atoms with Gasteiger partial charge in [-0.3, -0.25) is 9.59 Å². The number of benzene rings is 2. The Morgan fingerprint density at radius 2 is 1.81 bits per heavy atom. The van der Waals surface area contributed by atoms with Crippen molar-refractivity contribution in [3.8, 4) is 5.75 Å². The Hall–Kier alpha value is -2.66. The maximum Gasteiger partial charge on any atom is 0.264 e. The normalized spacial score (nSPS) is 18.5. The summed E-state index contributed by atoms with van der Waals surface area (Å²) in [6, 6.07) is 13.9. The first-order valence-corrected chi connectivity index (χ1v) is 9.41. The average molecular weight is 367 g/mol. The molecule has 0 aliphatic carbocycles. The lowest BCUT2D eigenvalue weighted by Crippen LogP contribution is -2.42. The number of carbonyl (C=O) groups excluding carboxylic acids is 2. The summed E-state index contributed by atoms with van der Waals surface area (Å²) < 4.78 is 5.39. The molecule has 2 aromatic carbocycles. The van der Waals surface area contributed by atoms with E-state index in [-0.39, 0.29) is 12.2 Å². The van der Waals surface area contributed by atoms with Gasteiger partial charge in [0.15, 0.2) is 11.4 Å². The summed E-state index contributed by atoms with van der Waals surface area (Å²) in [5.74, 6) is -0.0155. The molecule has 0 saturated carbocycles. The molecule has 2 aromatic rings. The molecule has 1 heterocycles. The van der Waals surface area contributed by atoms with Crippen molar-refractivity contribution in [3.63, 3.8) is 0 Å². The molecular formula is C22H25NO4. The fourth-order valence-corrected chi connectivity index (χ4v) is 3.45. The lowest BCUT2D eigenvalue weighted by Gasteiger charge is -2.22. The van der Waals surface area contributed by atoms with Gasteiger partial charge in [0.2, 0.25) is 0 Å². The predicted molar refractivity (Wildman–Crippen MR) is 104 cm³/mol. The Morgan fingerprint density at radius 1 is 1.11 bits per heavy atom. The lowest BCUT2D eigenvalue weighted by atomic mass is 9.88. The second-order valence-electron chi connectivity index (χ2n) is 6.75. The van der Waals surface area contributed by atoms with E-state index in [9.17, 15) is 14.7 Å². The van der Waals surface area contributed by atoms with Crippen molar-refractivity contribution in [3.05, 3.63) is 59.7 Å². The smallest absolute Gasteiger partial charge is 0.264 e. The van der Waals surface area contributed by atoms with Crippen LogP contribution in [0.3, 0.4) is 0 Å². The molecular weight excluding hydrogens is 342 g/mol. The van der Waals surface area contributed by atoms with E-state index < -0.39 is 11.5 Å². The molecule has 1 unspecified atom stereocenters. The van der Waals surface area contributed by atoms with Gasteiger partial charge in [0.05, 0.1) is 18.7 Å². The Morgan fingerprint density at radius 3 is 2.48 bits per heavy atom. The third kappa shape index (κ3) is 3.60. The van der Waals surface area contributed by atoms with Gasteiger partial charge in [-0.25, -0.2) is 0 Å². The van der Waals surface area contributed by atoms with Crippen molar-refractivity contribution >= 4 is 17.4 Å². The maximum atomic E-state index is 13.0. The lowest BCUT2D eigenvalue weighted by molar-refractivity contribution is -0.135. The Labute approximate surface area is 159 Å². The van der Waals surface area contributed by atoms with E-state index in [1.54, 1.807) is 41.3 Å². The van der Waals surface area contributed by atoms with Gasteiger partial charge < -0.3 is 14.7 Å². The number of aliphatic hydroxyl groups is 1. The number of hydrogen-bond acceptors (Lipinski definition) is 4. The van der Waals surface area contributed by atoms with Gasteiger partial charge in [-0.05, 0) is 43.7 Å². The number of nitrogens with zero attached hydrogens (tertiary/aromatic N) is 1. The molecule has 3 rings (SSSR count). The highest BCUT2D eigenvalue weighted by Gasteiger charge is 2.50. The largest absolute Gasteiger partial charge is 0.494 e. The molecule has 0 aromatic heterocycles. The van der Waals surface area contributed by atoms with Crippen LogP contribution in [0.4, 0.5) is 5.69 Å². The number of para-hydroxylation sites is 1. The number of rotatable bonds is 8. The van der Waals surface area contributed by atoms with Crippen LogP contribution < -0.4 is 9.64 Å². The molecule has 0 saturated heterocycles. The Balaban J connectivity index is 1.86. The van der Waals surface area contributed by atoms with Gasteiger partial charge in [-0.1, -0.05) is 31.5 Å². The van der Waals surface area contributed by atoms with Crippen LogP contribution >= 0.6 is 0 Å². The van der Waals surface area contributed by atoms with Gasteiger partial charge in [0, 0.05) is 17.7 Å². The fourth-order valence-electron chi connectivity index (χ4n) is 3.45. The number of amides is 1. The van der Waals surface area contributed by atoms with Crippen LogP contribution in [0.15, 0.2) is 48.5 Å². The van der Waals surface area contributed by atoms with E-state index in [0.29, 0.717) is 35.7 Å². The van der Waals surface area contributed by atoms with Crippen LogP contribution in [0.5, 0.6) is 5.75 Å². The van der Waals surface area contributed by atoms with E-state index in [2.05, 4.69) is 0 Å². The van der Waals surface area contributed by atoms with Crippen molar-refractivity contribution in [2.75, 3.05) is 18.1 Å². The van der Waals surface area contributed by atoms with Crippen molar-refractivity contribution in [1.29, 1.82) is 0 Å². The minimum atomic E-state index is -1.82. The number of carbonyl (C=O) groups is 2. The minimum Gasteiger partial charge on any atom is -0.494 e. The van der Waals surface area contributed by atoms with Gasteiger partial charge >= 0.3 is 0 Å².